The summed E-state index contributed by atoms with van der Waals surface area (Å²) in [5.41, 5.74) is 1.59. The number of hydrogen-bond donors (Lipinski definition) is 1. The van der Waals surface area contributed by atoms with Crippen LogP contribution in [0.3, 0.4) is 0 Å². The van der Waals surface area contributed by atoms with Crippen LogP contribution >= 0.6 is 11.3 Å². The van der Waals surface area contributed by atoms with E-state index in [1.54, 1.807) is 22.1 Å². The molecule has 0 unspecified atom stereocenters. The smallest absolute Gasteiger partial charge is 0.234 e. The van der Waals surface area contributed by atoms with E-state index in [4.69, 9.17) is 5.21 Å². The highest BCUT2D eigenvalue weighted by Gasteiger charge is 2.07. The molecule has 0 spiro atoms. The summed E-state index contributed by atoms with van der Waals surface area (Å²) in [6.07, 6.45) is 4.89. The Balaban J connectivity index is 2.06. The molecule has 0 bridgehead atoms. The Morgan fingerprint density at radius 2 is 2.21 bits per heavy atom. The van der Waals surface area contributed by atoms with Gasteiger partial charge in [0, 0.05) is 12.4 Å². The van der Waals surface area contributed by atoms with Crippen molar-refractivity contribution >= 4 is 17.6 Å². The molecule has 0 amide bonds. The number of thiophene rings is 1. The Morgan fingerprint density at radius 1 is 1.26 bits per heavy atom. The predicted octanol–water partition coefficient (Wildman–Crippen LogP) is 2.80. The van der Waals surface area contributed by atoms with Crippen LogP contribution in [0.25, 0.3) is 16.5 Å². The summed E-state index contributed by atoms with van der Waals surface area (Å²) in [4.78, 5) is 9.86. The van der Waals surface area contributed by atoms with E-state index in [-0.39, 0.29) is 0 Å². The standard InChI is InChI=1S/C13H10N4OS/c18-15-9-10-3-1-7-17(10)13-14-6-5-11(16-13)12-4-2-8-19-12/h1-9,18H/b15-9-. The molecule has 3 heterocycles. The van der Waals surface area contributed by atoms with Crippen LogP contribution < -0.4 is 0 Å². The van der Waals surface area contributed by atoms with Crippen LogP contribution in [0.2, 0.25) is 0 Å². The van der Waals surface area contributed by atoms with Crippen LogP contribution in [0.15, 0.2) is 53.3 Å². The molecule has 5 nitrogen and oxygen atoms in total. The van der Waals surface area contributed by atoms with Crippen molar-refractivity contribution in [3.05, 3.63) is 53.8 Å². The average molecular weight is 270 g/mol. The number of rotatable bonds is 3. The van der Waals surface area contributed by atoms with Crippen molar-refractivity contribution < 1.29 is 5.21 Å². The highest BCUT2D eigenvalue weighted by Crippen LogP contribution is 2.22. The molecule has 0 atom stereocenters. The first-order chi connectivity index (χ1) is 9.38. The van der Waals surface area contributed by atoms with E-state index in [0.29, 0.717) is 11.6 Å². The van der Waals surface area contributed by atoms with Gasteiger partial charge in [0.2, 0.25) is 5.95 Å². The Hall–Kier alpha value is -2.47. The average Bonchev–Trinajstić information content (AvgIpc) is 3.10. The minimum atomic E-state index is 0.547. The van der Waals surface area contributed by atoms with E-state index in [0.717, 1.165) is 10.6 Å². The zero-order valence-corrected chi connectivity index (χ0v) is 10.7. The van der Waals surface area contributed by atoms with Crippen molar-refractivity contribution in [3.63, 3.8) is 0 Å². The third-order valence-corrected chi connectivity index (χ3v) is 3.49. The molecule has 0 saturated heterocycles. The summed E-state index contributed by atoms with van der Waals surface area (Å²) < 4.78 is 1.76. The quantitative estimate of drug-likeness (QED) is 0.452. The van der Waals surface area contributed by atoms with Crippen molar-refractivity contribution in [2.75, 3.05) is 0 Å². The lowest BCUT2D eigenvalue weighted by atomic mass is 10.3. The van der Waals surface area contributed by atoms with Gasteiger partial charge in [0.15, 0.2) is 0 Å². The van der Waals surface area contributed by atoms with Gasteiger partial charge in [0.25, 0.3) is 0 Å². The Kier molecular flexibility index (Phi) is 3.07. The van der Waals surface area contributed by atoms with Crippen LogP contribution in [0.1, 0.15) is 5.69 Å². The lowest BCUT2D eigenvalue weighted by molar-refractivity contribution is 0.321. The lowest BCUT2D eigenvalue weighted by Gasteiger charge is -2.05. The van der Waals surface area contributed by atoms with E-state index < -0.39 is 0 Å². The Bertz CT molecular complexity index is 703. The lowest BCUT2D eigenvalue weighted by Crippen LogP contribution is -2.03. The largest absolute Gasteiger partial charge is 0.411 e. The van der Waals surface area contributed by atoms with Gasteiger partial charge in [-0.15, -0.1) is 11.3 Å². The van der Waals surface area contributed by atoms with Crippen LogP contribution in [0, 0.1) is 0 Å². The first-order valence-corrected chi connectivity index (χ1v) is 6.48. The molecule has 19 heavy (non-hydrogen) atoms. The molecule has 0 aliphatic heterocycles. The fourth-order valence-corrected chi connectivity index (χ4v) is 2.46. The van der Waals surface area contributed by atoms with Gasteiger partial charge in [-0.3, -0.25) is 4.57 Å². The monoisotopic (exact) mass is 270 g/mol. The first kappa shape index (κ1) is 11.6. The van der Waals surface area contributed by atoms with Crippen molar-refractivity contribution in [1.29, 1.82) is 0 Å². The van der Waals surface area contributed by atoms with Gasteiger partial charge in [-0.05, 0) is 29.6 Å². The highest BCUT2D eigenvalue weighted by atomic mass is 32.1. The maximum Gasteiger partial charge on any atom is 0.234 e. The molecule has 6 heteroatoms. The number of nitrogens with zero attached hydrogens (tertiary/aromatic N) is 4. The minimum Gasteiger partial charge on any atom is -0.411 e. The van der Waals surface area contributed by atoms with E-state index >= 15 is 0 Å². The fourth-order valence-electron chi connectivity index (χ4n) is 1.77. The summed E-state index contributed by atoms with van der Waals surface area (Å²) in [5.74, 6) is 0.547. The Labute approximate surface area is 113 Å². The summed E-state index contributed by atoms with van der Waals surface area (Å²) in [5, 5.41) is 13.7. The molecule has 3 aromatic heterocycles. The highest BCUT2D eigenvalue weighted by molar-refractivity contribution is 7.13. The van der Waals surface area contributed by atoms with E-state index in [9.17, 15) is 0 Å². The molecule has 0 aliphatic rings. The first-order valence-electron chi connectivity index (χ1n) is 5.60. The van der Waals surface area contributed by atoms with Crippen LogP contribution in [-0.2, 0) is 0 Å². The van der Waals surface area contributed by atoms with E-state index in [1.807, 2.05) is 41.9 Å². The van der Waals surface area contributed by atoms with Gasteiger partial charge >= 0.3 is 0 Å². The third kappa shape index (κ3) is 2.25. The molecule has 0 fully saturated rings. The zero-order chi connectivity index (χ0) is 13.1. The SMILES string of the molecule is O/N=C\c1cccn1-c1nccc(-c2cccs2)n1. The fraction of sp³-hybridized carbons (Fsp3) is 0. The van der Waals surface area contributed by atoms with Crippen molar-refractivity contribution in [2.45, 2.75) is 0 Å². The van der Waals surface area contributed by atoms with Gasteiger partial charge in [0.1, 0.15) is 0 Å². The maximum atomic E-state index is 8.63. The van der Waals surface area contributed by atoms with Crippen LogP contribution in [-0.4, -0.2) is 26.0 Å². The topological polar surface area (TPSA) is 63.3 Å². The van der Waals surface area contributed by atoms with Crippen LogP contribution in [0.4, 0.5) is 0 Å². The van der Waals surface area contributed by atoms with Gasteiger partial charge in [-0.1, -0.05) is 11.2 Å². The molecular weight excluding hydrogens is 260 g/mol. The van der Waals surface area contributed by atoms with Gasteiger partial charge in [-0.25, -0.2) is 9.97 Å². The van der Waals surface area contributed by atoms with E-state index in [1.165, 1.54) is 6.21 Å². The summed E-state index contributed by atoms with van der Waals surface area (Å²) in [6, 6.07) is 9.54. The summed E-state index contributed by atoms with van der Waals surface area (Å²) in [7, 11) is 0. The number of oxime groups is 1. The molecule has 0 aliphatic carbocycles. The molecule has 0 aromatic carbocycles. The second kappa shape index (κ2) is 5.03. The second-order valence-electron chi connectivity index (χ2n) is 3.77. The number of aromatic nitrogens is 3. The molecule has 0 radical (unpaired) electrons. The van der Waals surface area contributed by atoms with Crippen molar-refractivity contribution in [1.82, 2.24) is 14.5 Å². The molecule has 3 rings (SSSR count). The van der Waals surface area contributed by atoms with E-state index in [2.05, 4.69) is 15.1 Å². The van der Waals surface area contributed by atoms with Gasteiger partial charge < -0.3 is 5.21 Å². The van der Waals surface area contributed by atoms with Gasteiger partial charge in [0.05, 0.1) is 22.5 Å². The third-order valence-electron chi connectivity index (χ3n) is 2.60. The van der Waals surface area contributed by atoms with Crippen molar-refractivity contribution in [2.24, 2.45) is 5.16 Å². The summed E-state index contributed by atoms with van der Waals surface area (Å²) >= 11 is 1.63. The maximum absolute atomic E-state index is 8.63. The molecular formula is C13H10N4OS. The molecule has 3 aromatic rings. The molecule has 94 valence electrons. The zero-order valence-electron chi connectivity index (χ0n) is 9.84. The van der Waals surface area contributed by atoms with Gasteiger partial charge in [-0.2, -0.15) is 0 Å². The minimum absolute atomic E-state index is 0.547. The number of hydrogen-bond acceptors (Lipinski definition) is 5. The van der Waals surface area contributed by atoms with Crippen molar-refractivity contribution in [3.8, 4) is 16.5 Å². The summed E-state index contributed by atoms with van der Waals surface area (Å²) in [6.45, 7) is 0. The van der Waals surface area contributed by atoms with Crippen LogP contribution in [0.5, 0.6) is 0 Å². The predicted molar refractivity (Wildman–Crippen MR) is 74.1 cm³/mol. The molecule has 0 saturated carbocycles. The molecule has 1 N–H and O–H groups in total. The Morgan fingerprint density at radius 3 is 3.00 bits per heavy atom. The normalized spacial score (nSPS) is 11.2. The second-order valence-corrected chi connectivity index (χ2v) is 4.71.